The van der Waals surface area contributed by atoms with Gasteiger partial charge in [0.15, 0.2) is 0 Å². The number of urea groups is 1. The molecule has 1 aliphatic heterocycles. The highest BCUT2D eigenvalue weighted by molar-refractivity contribution is 6.09. The van der Waals surface area contributed by atoms with Crippen LogP contribution in [0.3, 0.4) is 0 Å². The number of hydrogen-bond acceptors (Lipinski definition) is 3. The van der Waals surface area contributed by atoms with Crippen molar-refractivity contribution in [1.29, 1.82) is 0 Å². The second-order valence-electron chi connectivity index (χ2n) is 7.83. The van der Waals surface area contributed by atoms with Crippen molar-refractivity contribution in [1.82, 2.24) is 15.1 Å². The topological polar surface area (TPSA) is 69.7 Å². The molecule has 4 amide bonds. The maximum atomic E-state index is 13.1. The molecule has 2 aromatic carbocycles. The van der Waals surface area contributed by atoms with E-state index in [1.807, 2.05) is 18.2 Å². The Hall–Kier alpha value is -3.36. The Kier molecular flexibility index (Phi) is 4.99. The summed E-state index contributed by atoms with van der Waals surface area (Å²) in [7, 11) is 1.47. The molecule has 1 atom stereocenters. The lowest BCUT2D eigenvalue weighted by molar-refractivity contribution is -0.138. The summed E-state index contributed by atoms with van der Waals surface area (Å²) in [6, 6.07) is 11.3. The standard InChI is InChI=1S/C22H20F3N3O3/c1-27(12-14-6-8-16(9-7-14)22(23,24)25)18(29)13-28-19(30)21(26-20(28)31)11-10-15-4-2-3-5-17(15)21/h2-9H,10-13H2,1H3,(H,26,31). The van der Waals surface area contributed by atoms with Gasteiger partial charge in [-0.2, -0.15) is 13.2 Å². The fourth-order valence-electron chi connectivity index (χ4n) is 4.15. The highest BCUT2D eigenvalue weighted by Gasteiger charge is 2.55. The van der Waals surface area contributed by atoms with Crippen molar-refractivity contribution >= 4 is 17.8 Å². The van der Waals surface area contributed by atoms with E-state index in [9.17, 15) is 27.6 Å². The summed E-state index contributed by atoms with van der Waals surface area (Å²) in [6.07, 6.45) is -3.35. The highest BCUT2D eigenvalue weighted by atomic mass is 19.4. The minimum Gasteiger partial charge on any atom is -0.340 e. The number of benzene rings is 2. The fourth-order valence-corrected chi connectivity index (χ4v) is 4.15. The van der Waals surface area contributed by atoms with Crippen LogP contribution in [0.2, 0.25) is 0 Å². The first-order valence-electron chi connectivity index (χ1n) is 9.74. The number of alkyl halides is 3. The second-order valence-corrected chi connectivity index (χ2v) is 7.83. The molecule has 1 fully saturated rings. The summed E-state index contributed by atoms with van der Waals surface area (Å²) < 4.78 is 38.1. The first-order chi connectivity index (χ1) is 14.6. The van der Waals surface area contributed by atoms with Crippen LogP contribution in [0.15, 0.2) is 48.5 Å². The van der Waals surface area contributed by atoms with E-state index in [0.717, 1.165) is 28.2 Å². The number of hydrogen-bond donors (Lipinski definition) is 1. The van der Waals surface area contributed by atoms with E-state index in [1.54, 1.807) is 6.07 Å². The monoisotopic (exact) mass is 431 g/mol. The number of carbonyl (C=O) groups excluding carboxylic acids is 3. The van der Waals surface area contributed by atoms with Crippen LogP contribution in [0.4, 0.5) is 18.0 Å². The average molecular weight is 431 g/mol. The molecular formula is C22H20F3N3O3. The normalized spacial score (nSPS) is 20.2. The van der Waals surface area contributed by atoms with Gasteiger partial charge in [0.2, 0.25) is 5.91 Å². The van der Waals surface area contributed by atoms with Crippen molar-refractivity contribution in [2.24, 2.45) is 0 Å². The first kappa shape index (κ1) is 20.9. The molecule has 1 saturated heterocycles. The zero-order chi connectivity index (χ0) is 22.4. The van der Waals surface area contributed by atoms with Gasteiger partial charge in [-0.15, -0.1) is 0 Å². The van der Waals surface area contributed by atoms with Gasteiger partial charge in [-0.05, 0) is 41.7 Å². The van der Waals surface area contributed by atoms with Crippen LogP contribution < -0.4 is 5.32 Å². The number of amides is 4. The molecule has 0 radical (unpaired) electrons. The molecule has 162 valence electrons. The van der Waals surface area contributed by atoms with Gasteiger partial charge < -0.3 is 10.2 Å². The largest absolute Gasteiger partial charge is 0.416 e. The molecule has 1 spiro atoms. The van der Waals surface area contributed by atoms with Crippen LogP contribution in [0.5, 0.6) is 0 Å². The van der Waals surface area contributed by atoms with E-state index in [1.165, 1.54) is 24.1 Å². The third-order valence-corrected chi connectivity index (χ3v) is 5.84. The minimum atomic E-state index is -4.43. The van der Waals surface area contributed by atoms with Crippen LogP contribution >= 0.6 is 0 Å². The molecule has 1 heterocycles. The Morgan fingerprint density at radius 3 is 2.48 bits per heavy atom. The lowest BCUT2D eigenvalue weighted by Crippen LogP contribution is -2.44. The van der Waals surface area contributed by atoms with Gasteiger partial charge in [-0.3, -0.25) is 14.5 Å². The lowest BCUT2D eigenvalue weighted by Gasteiger charge is -2.23. The van der Waals surface area contributed by atoms with Crippen molar-refractivity contribution < 1.29 is 27.6 Å². The summed E-state index contributed by atoms with van der Waals surface area (Å²) in [5.41, 5.74) is 0.332. The Morgan fingerprint density at radius 1 is 1.13 bits per heavy atom. The number of rotatable bonds is 4. The van der Waals surface area contributed by atoms with E-state index in [0.29, 0.717) is 18.4 Å². The van der Waals surface area contributed by atoms with Gasteiger partial charge in [-0.1, -0.05) is 36.4 Å². The second kappa shape index (κ2) is 7.40. The number of halogens is 3. The molecule has 4 rings (SSSR count). The SMILES string of the molecule is CN(Cc1ccc(C(F)(F)F)cc1)C(=O)CN1C(=O)NC2(CCc3ccccc32)C1=O. The number of carbonyl (C=O) groups is 3. The van der Waals surface area contributed by atoms with E-state index >= 15 is 0 Å². The zero-order valence-electron chi connectivity index (χ0n) is 16.7. The van der Waals surface area contributed by atoms with Crippen LogP contribution in [-0.2, 0) is 34.3 Å². The summed E-state index contributed by atoms with van der Waals surface area (Å²) in [5.74, 6) is -0.953. The molecule has 31 heavy (non-hydrogen) atoms. The molecule has 9 heteroatoms. The molecule has 6 nitrogen and oxygen atoms in total. The summed E-state index contributed by atoms with van der Waals surface area (Å²) in [6.45, 7) is -0.389. The molecule has 1 unspecified atom stereocenters. The molecular weight excluding hydrogens is 411 g/mol. The van der Waals surface area contributed by atoms with Gasteiger partial charge in [0, 0.05) is 13.6 Å². The molecule has 1 aliphatic carbocycles. The average Bonchev–Trinajstić information content (AvgIpc) is 3.21. The summed E-state index contributed by atoms with van der Waals surface area (Å²) >= 11 is 0. The summed E-state index contributed by atoms with van der Waals surface area (Å²) in [5, 5.41) is 2.76. The van der Waals surface area contributed by atoms with Gasteiger partial charge in [0.25, 0.3) is 5.91 Å². The Morgan fingerprint density at radius 2 is 1.81 bits per heavy atom. The predicted octanol–water partition coefficient (Wildman–Crippen LogP) is 3.06. The minimum absolute atomic E-state index is 0.0502. The quantitative estimate of drug-likeness (QED) is 0.757. The molecule has 2 aliphatic rings. The third kappa shape index (κ3) is 3.64. The van der Waals surface area contributed by atoms with E-state index in [4.69, 9.17) is 0 Å². The maximum absolute atomic E-state index is 13.1. The van der Waals surface area contributed by atoms with Gasteiger partial charge in [-0.25, -0.2) is 4.79 Å². The van der Waals surface area contributed by atoms with Crippen LogP contribution in [0.25, 0.3) is 0 Å². The number of imide groups is 1. The zero-order valence-corrected chi connectivity index (χ0v) is 16.7. The molecule has 2 aromatic rings. The molecule has 0 bridgehead atoms. The molecule has 0 saturated carbocycles. The van der Waals surface area contributed by atoms with Crippen molar-refractivity contribution in [2.45, 2.75) is 31.1 Å². The highest BCUT2D eigenvalue weighted by Crippen LogP contribution is 2.41. The van der Waals surface area contributed by atoms with Gasteiger partial charge >= 0.3 is 12.2 Å². The molecule has 0 aromatic heterocycles. The lowest BCUT2D eigenvalue weighted by atomic mass is 9.92. The van der Waals surface area contributed by atoms with Crippen molar-refractivity contribution in [2.75, 3.05) is 13.6 Å². The Bertz CT molecular complexity index is 1050. The maximum Gasteiger partial charge on any atom is 0.416 e. The predicted molar refractivity (Wildman–Crippen MR) is 105 cm³/mol. The van der Waals surface area contributed by atoms with E-state index < -0.39 is 41.7 Å². The number of fused-ring (bicyclic) bond motifs is 2. The number of nitrogens with zero attached hydrogens (tertiary/aromatic N) is 2. The van der Waals surface area contributed by atoms with E-state index in [-0.39, 0.29) is 6.54 Å². The van der Waals surface area contributed by atoms with Crippen molar-refractivity contribution in [3.8, 4) is 0 Å². The Balaban J connectivity index is 1.44. The smallest absolute Gasteiger partial charge is 0.340 e. The fraction of sp³-hybridized carbons (Fsp3) is 0.318. The van der Waals surface area contributed by atoms with Crippen LogP contribution in [0, 0.1) is 0 Å². The first-order valence-corrected chi connectivity index (χ1v) is 9.74. The Labute approximate surface area is 176 Å². The van der Waals surface area contributed by atoms with Gasteiger partial charge in [0.05, 0.1) is 5.56 Å². The van der Waals surface area contributed by atoms with Gasteiger partial charge in [0.1, 0.15) is 12.1 Å². The van der Waals surface area contributed by atoms with Crippen molar-refractivity contribution in [3.05, 3.63) is 70.8 Å². The van der Waals surface area contributed by atoms with Crippen molar-refractivity contribution in [3.63, 3.8) is 0 Å². The number of likely N-dealkylation sites (N-methyl/N-ethyl adjacent to an activating group) is 1. The van der Waals surface area contributed by atoms with Crippen LogP contribution in [-0.4, -0.2) is 41.2 Å². The van der Waals surface area contributed by atoms with E-state index in [2.05, 4.69) is 5.32 Å². The van der Waals surface area contributed by atoms with Crippen LogP contribution in [0.1, 0.15) is 28.7 Å². The summed E-state index contributed by atoms with van der Waals surface area (Å²) in [4.78, 5) is 40.5. The number of nitrogens with one attached hydrogen (secondary N) is 1. The molecule has 1 N–H and O–H groups in total. The third-order valence-electron chi connectivity index (χ3n) is 5.84. The number of aryl methyl sites for hydroxylation is 1.